The number of hydrogen-bond donors (Lipinski definition) is 2. The number of aromatic nitrogens is 2. The molecule has 15 heavy (non-hydrogen) atoms. The average molecular weight is 274 g/mol. The van der Waals surface area contributed by atoms with Crippen LogP contribution >= 0.6 is 15.9 Å². The van der Waals surface area contributed by atoms with E-state index in [1.165, 1.54) is 0 Å². The van der Waals surface area contributed by atoms with Crippen molar-refractivity contribution in [1.82, 2.24) is 10.2 Å². The third-order valence-corrected chi connectivity index (χ3v) is 2.74. The molecule has 0 fully saturated rings. The number of aryl methyl sites for hydroxylation is 2. The van der Waals surface area contributed by atoms with Crippen LogP contribution in [-0.4, -0.2) is 21.4 Å². The third-order valence-electron chi connectivity index (χ3n) is 2.18. The standard InChI is InChI=1S/C10H16BrN3O/c1-7-10(8(2)14-13-7)12-9(15)5-3-4-6-11/h3-6H2,1-2H3,(H,12,15)(H,13,14). The number of H-pyrrole nitrogens is 1. The van der Waals surface area contributed by atoms with Gasteiger partial charge >= 0.3 is 0 Å². The second kappa shape index (κ2) is 5.90. The summed E-state index contributed by atoms with van der Waals surface area (Å²) in [6.07, 6.45) is 2.50. The van der Waals surface area contributed by atoms with Gasteiger partial charge in [0.15, 0.2) is 0 Å². The molecule has 84 valence electrons. The predicted molar refractivity (Wildman–Crippen MR) is 64.3 cm³/mol. The van der Waals surface area contributed by atoms with Gasteiger partial charge in [0.05, 0.1) is 17.1 Å². The Bertz CT molecular complexity index is 316. The number of carbonyl (C=O) groups is 1. The summed E-state index contributed by atoms with van der Waals surface area (Å²) >= 11 is 3.34. The molecule has 0 spiro atoms. The monoisotopic (exact) mass is 273 g/mol. The minimum atomic E-state index is 0.0588. The zero-order valence-corrected chi connectivity index (χ0v) is 10.6. The summed E-state index contributed by atoms with van der Waals surface area (Å²) in [7, 11) is 0. The highest BCUT2D eigenvalue weighted by Gasteiger charge is 2.09. The maximum absolute atomic E-state index is 11.5. The van der Waals surface area contributed by atoms with Crippen molar-refractivity contribution in [2.75, 3.05) is 10.6 Å². The topological polar surface area (TPSA) is 57.8 Å². The third kappa shape index (κ3) is 3.66. The number of alkyl halides is 1. The van der Waals surface area contributed by atoms with E-state index < -0.39 is 0 Å². The summed E-state index contributed by atoms with van der Waals surface area (Å²) in [5, 5.41) is 10.7. The van der Waals surface area contributed by atoms with Crippen molar-refractivity contribution in [2.24, 2.45) is 0 Å². The highest BCUT2D eigenvalue weighted by molar-refractivity contribution is 9.09. The molecule has 0 radical (unpaired) electrons. The Labute approximate surface area is 98.0 Å². The fourth-order valence-corrected chi connectivity index (χ4v) is 1.71. The molecule has 0 aliphatic heterocycles. The molecular weight excluding hydrogens is 258 g/mol. The SMILES string of the molecule is Cc1n[nH]c(C)c1NC(=O)CCCCBr. The number of amides is 1. The maximum atomic E-state index is 11.5. The lowest BCUT2D eigenvalue weighted by molar-refractivity contribution is -0.116. The Morgan fingerprint density at radius 3 is 2.73 bits per heavy atom. The summed E-state index contributed by atoms with van der Waals surface area (Å²) in [5.74, 6) is 0.0588. The number of unbranched alkanes of at least 4 members (excludes halogenated alkanes) is 1. The van der Waals surface area contributed by atoms with Crippen molar-refractivity contribution in [2.45, 2.75) is 33.1 Å². The van der Waals surface area contributed by atoms with Crippen molar-refractivity contribution >= 4 is 27.5 Å². The number of carbonyl (C=O) groups excluding carboxylic acids is 1. The van der Waals surface area contributed by atoms with Crippen LogP contribution in [0.15, 0.2) is 0 Å². The van der Waals surface area contributed by atoms with E-state index in [9.17, 15) is 4.79 Å². The molecule has 0 unspecified atom stereocenters. The van der Waals surface area contributed by atoms with Crippen LogP contribution in [-0.2, 0) is 4.79 Å². The Morgan fingerprint density at radius 2 is 2.20 bits per heavy atom. The van der Waals surface area contributed by atoms with Crippen molar-refractivity contribution in [1.29, 1.82) is 0 Å². The molecule has 1 aromatic rings. The number of nitrogens with zero attached hydrogens (tertiary/aromatic N) is 1. The van der Waals surface area contributed by atoms with Crippen LogP contribution < -0.4 is 5.32 Å². The van der Waals surface area contributed by atoms with Gasteiger partial charge in [-0.1, -0.05) is 15.9 Å². The van der Waals surface area contributed by atoms with Gasteiger partial charge in [0.25, 0.3) is 0 Å². The van der Waals surface area contributed by atoms with Crippen LogP contribution in [0.4, 0.5) is 5.69 Å². The Balaban J connectivity index is 2.44. The second-order valence-electron chi connectivity index (χ2n) is 3.50. The predicted octanol–water partition coefficient (Wildman–Crippen LogP) is 2.53. The van der Waals surface area contributed by atoms with Crippen molar-refractivity contribution in [3.63, 3.8) is 0 Å². The van der Waals surface area contributed by atoms with Crippen LogP contribution in [0, 0.1) is 13.8 Å². The highest BCUT2D eigenvalue weighted by atomic mass is 79.9. The Kier molecular flexibility index (Phi) is 4.81. The van der Waals surface area contributed by atoms with Gasteiger partial charge in [0.2, 0.25) is 5.91 Å². The van der Waals surface area contributed by atoms with Gasteiger partial charge in [-0.05, 0) is 26.7 Å². The van der Waals surface area contributed by atoms with E-state index >= 15 is 0 Å². The first kappa shape index (κ1) is 12.2. The number of halogens is 1. The first-order valence-electron chi connectivity index (χ1n) is 5.02. The summed E-state index contributed by atoms with van der Waals surface area (Å²) in [6.45, 7) is 3.77. The quantitative estimate of drug-likeness (QED) is 0.640. The lowest BCUT2D eigenvalue weighted by Gasteiger charge is -2.04. The first-order chi connectivity index (χ1) is 7.15. The van der Waals surface area contributed by atoms with Gasteiger partial charge in [-0.3, -0.25) is 9.89 Å². The molecular formula is C10H16BrN3O. The van der Waals surface area contributed by atoms with Crippen molar-refractivity contribution < 1.29 is 4.79 Å². The molecule has 0 saturated heterocycles. The zero-order chi connectivity index (χ0) is 11.3. The summed E-state index contributed by atoms with van der Waals surface area (Å²) in [6, 6.07) is 0. The second-order valence-corrected chi connectivity index (χ2v) is 4.30. The van der Waals surface area contributed by atoms with E-state index in [0.29, 0.717) is 6.42 Å². The summed E-state index contributed by atoms with van der Waals surface area (Å²) in [4.78, 5) is 11.5. The Hall–Kier alpha value is -0.840. The van der Waals surface area contributed by atoms with Gasteiger partial charge in [-0.15, -0.1) is 0 Å². The van der Waals surface area contributed by atoms with E-state index in [-0.39, 0.29) is 5.91 Å². The van der Waals surface area contributed by atoms with E-state index in [1.807, 2.05) is 13.8 Å². The molecule has 5 heteroatoms. The van der Waals surface area contributed by atoms with E-state index in [0.717, 1.165) is 35.2 Å². The summed E-state index contributed by atoms with van der Waals surface area (Å²) in [5.41, 5.74) is 2.56. The van der Waals surface area contributed by atoms with E-state index in [4.69, 9.17) is 0 Å². The molecule has 4 nitrogen and oxygen atoms in total. The van der Waals surface area contributed by atoms with Gasteiger partial charge in [-0.25, -0.2) is 0 Å². The van der Waals surface area contributed by atoms with Crippen LogP contribution in [0.3, 0.4) is 0 Å². The molecule has 0 bridgehead atoms. The van der Waals surface area contributed by atoms with Crippen LogP contribution in [0.1, 0.15) is 30.7 Å². The maximum Gasteiger partial charge on any atom is 0.224 e. The molecule has 1 amide bonds. The molecule has 0 atom stereocenters. The largest absolute Gasteiger partial charge is 0.323 e. The number of nitrogens with one attached hydrogen (secondary N) is 2. The zero-order valence-electron chi connectivity index (χ0n) is 9.06. The highest BCUT2D eigenvalue weighted by Crippen LogP contribution is 2.16. The summed E-state index contributed by atoms with van der Waals surface area (Å²) < 4.78 is 0. The minimum Gasteiger partial charge on any atom is -0.323 e. The van der Waals surface area contributed by atoms with Crippen molar-refractivity contribution in [3.05, 3.63) is 11.4 Å². The fraction of sp³-hybridized carbons (Fsp3) is 0.600. The first-order valence-corrected chi connectivity index (χ1v) is 6.14. The lowest BCUT2D eigenvalue weighted by atomic mass is 10.2. The number of rotatable bonds is 5. The average Bonchev–Trinajstić information content (AvgIpc) is 2.50. The smallest absolute Gasteiger partial charge is 0.224 e. The molecule has 1 heterocycles. The van der Waals surface area contributed by atoms with Gasteiger partial charge < -0.3 is 5.32 Å². The lowest BCUT2D eigenvalue weighted by Crippen LogP contribution is -2.12. The van der Waals surface area contributed by atoms with Crippen LogP contribution in [0.2, 0.25) is 0 Å². The molecule has 0 aliphatic carbocycles. The fourth-order valence-electron chi connectivity index (χ4n) is 1.32. The molecule has 2 N–H and O–H groups in total. The van der Waals surface area contributed by atoms with Gasteiger partial charge in [-0.2, -0.15) is 5.10 Å². The number of anilines is 1. The molecule has 0 saturated carbocycles. The minimum absolute atomic E-state index is 0.0588. The van der Waals surface area contributed by atoms with E-state index in [2.05, 4.69) is 31.4 Å². The van der Waals surface area contributed by atoms with E-state index in [1.54, 1.807) is 0 Å². The van der Waals surface area contributed by atoms with Crippen LogP contribution in [0.5, 0.6) is 0 Å². The molecule has 1 aromatic heterocycles. The van der Waals surface area contributed by atoms with Gasteiger partial charge in [0, 0.05) is 11.8 Å². The van der Waals surface area contributed by atoms with Crippen molar-refractivity contribution in [3.8, 4) is 0 Å². The Morgan fingerprint density at radius 1 is 1.47 bits per heavy atom. The normalized spacial score (nSPS) is 10.3. The molecule has 0 aromatic carbocycles. The molecule has 1 rings (SSSR count). The number of aromatic amines is 1. The van der Waals surface area contributed by atoms with Gasteiger partial charge in [0.1, 0.15) is 0 Å². The number of hydrogen-bond acceptors (Lipinski definition) is 2. The van der Waals surface area contributed by atoms with Crippen LogP contribution in [0.25, 0.3) is 0 Å². The molecule has 0 aliphatic rings.